The third-order valence-electron chi connectivity index (χ3n) is 4.61. The van der Waals surface area contributed by atoms with E-state index in [-0.39, 0.29) is 17.4 Å². The number of hydrogen-bond acceptors (Lipinski definition) is 5. The molecule has 0 aromatic heterocycles. The Morgan fingerprint density at radius 3 is 2.04 bits per heavy atom. The Morgan fingerprint density at radius 2 is 1.48 bits per heavy atom. The van der Waals surface area contributed by atoms with E-state index in [9.17, 15) is 13.2 Å². The van der Waals surface area contributed by atoms with Crippen LogP contribution >= 0.6 is 0 Å². The summed E-state index contributed by atoms with van der Waals surface area (Å²) in [4.78, 5) is 18.7. The van der Waals surface area contributed by atoms with Gasteiger partial charge in [-0.25, -0.2) is 8.42 Å². The van der Waals surface area contributed by atoms with Gasteiger partial charge in [0.05, 0.1) is 11.5 Å². The molecule has 2 aliphatic rings. The summed E-state index contributed by atoms with van der Waals surface area (Å²) in [7, 11) is -0.806. The summed E-state index contributed by atoms with van der Waals surface area (Å²) in [5.41, 5.74) is 1.68. The van der Waals surface area contributed by atoms with Gasteiger partial charge in [-0.2, -0.15) is 0 Å². The number of carbonyl (C=O) groups excluding carboxylic acids is 1. The molecule has 1 aromatic rings. The third kappa shape index (κ3) is 3.84. The van der Waals surface area contributed by atoms with E-state index in [0.29, 0.717) is 18.7 Å². The maximum absolute atomic E-state index is 12.5. The Balaban J connectivity index is 1.64. The van der Waals surface area contributed by atoms with Crippen molar-refractivity contribution >= 4 is 21.4 Å². The van der Waals surface area contributed by atoms with Crippen LogP contribution in [0, 0.1) is 0 Å². The lowest BCUT2D eigenvalue weighted by Gasteiger charge is -2.32. The number of likely N-dealkylation sites (N-methyl/N-ethyl adjacent to an activating group) is 1. The minimum atomic E-state index is -2.87. The van der Waals surface area contributed by atoms with Crippen molar-refractivity contribution in [1.82, 2.24) is 9.80 Å². The van der Waals surface area contributed by atoms with E-state index in [1.807, 2.05) is 29.2 Å². The van der Waals surface area contributed by atoms with Gasteiger partial charge < -0.3 is 14.7 Å². The first kappa shape index (κ1) is 16.3. The topological polar surface area (TPSA) is 60.9 Å². The van der Waals surface area contributed by atoms with Crippen LogP contribution in [-0.4, -0.2) is 81.9 Å². The van der Waals surface area contributed by atoms with Crippen LogP contribution in [0.3, 0.4) is 0 Å². The highest BCUT2D eigenvalue weighted by Gasteiger charge is 2.23. The lowest BCUT2D eigenvalue weighted by molar-refractivity contribution is 0.0664. The summed E-state index contributed by atoms with van der Waals surface area (Å²) in [5.74, 6) is 0.482. The monoisotopic (exact) mass is 337 g/mol. The molecule has 0 N–H and O–H groups in total. The van der Waals surface area contributed by atoms with Crippen LogP contribution in [0.5, 0.6) is 0 Å². The van der Waals surface area contributed by atoms with Gasteiger partial charge in [0.2, 0.25) is 0 Å². The van der Waals surface area contributed by atoms with Gasteiger partial charge in [0.15, 0.2) is 9.84 Å². The Kier molecular flexibility index (Phi) is 4.59. The summed E-state index contributed by atoms with van der Waals surface area (Å²) >= 11 is 0. The maximum atomic E-state index is 12.5. The summed E-state index contributed by atoms with van der Waals surface area (Å²) in [6.07, 6.45) is 0. The summed E-state index contributed by atoms with van der Waals surface area (Å²) in [6.45, 7) is 4.39. The number of carbonyl (C=O) groups is 1. The van der Waals surface area contributed by atoms with Gasteiger partial charge in [0, 0.05) is 50.5 Å². The van der Waals surface area contributed by atoms with Gasteiger partial charge in [-0.05, 0) is 31.3 Å². The SMILES string of the molecule is CN1CCN(C(=O)c2ccc(N3CCS(=O)(=O)CC3)cc2)CC1. The van der Waals surface area contributed by atoms with Crippen molar-refractivity contribution in [3.8, 4) is 0 Å². The number of hydrogen-bond donors (Lipinski definition) is 0. The maximum Gasteiger partial charge on any atom is 0.253 e. The van der Waals surface area contributed by atoms with Crippen molar-refractivity contribution < 1.29 is 13.2 Å². The number of rotatable bonds is 2. The van der Waals surface area contributed by atoms with Gasteiger partial charge in [-0.1, -0.05) is 0 Å². The van der Waals surface area contributed by atoms with Crippen molar-refractivity contribution in [3.05, 3.63) is 29.8 Å². The van der Waals surface area contributed by atoms with Gasteiger partial charge in [0.25, 0.3) is 5.91 Å². The van der Waals surface area contributed by atoms with E-state index in [1.165, 1.54) is 0 Å². The van der Waals surface area contributed by atoms with Crippen molar-refractivity contribution in [1.29, 1.82) is 0 Å². The molecular formula is C16H23N3O3S. The molecule has 0 bridgehead atoms. The van der Waals surface area contributed by atoms with E-state index >= 15 is 0 Å². The summed E-state index contributed by atoms with van der Waals surface area (Å²) in [5, 5.41) is 0. The predicted molar refractivity (Wildman–Crippen MR) is 90.7 cm³/mol. The smallest absolute Gasteiger partial charge is 0.253 e. The standard InChI is InChI=1S/C16H23N3O3S/c1-17-6-8-19(9-7-17)16(20)14-2-4-15(5-3-14)18-10-12-23(21,22)13-11-18/h2-5H,6-13H2,1H3. The average Bonchev–Trinajstić information content (AvgIpc) is 2.55. The zero-order chi connectivity index (χ0) is 16.4. The van der Waals surface area contributed by atoms with Crippen LogP contribution in [-0.2, 0) is 9.84 Å². The van der Waals surface area contributed by atoms with E-state index in [4.69, 9.17) is 0 Å². The Bertz CT molecular complexity index is 650. The molecule has 0 atom stereocenters. The van der Waals surface area contributed by atoms with Crippen molar-refractivity contribution in [3.63, 3.8) is 0 Å². The molecule has 0 unspecified atom stereocenters. The second-order valence-corrected chi connectivity index (χ2v) is 8.58. The quantitative estimate of drug-likeness (QED) is 0.777. The highest BCUT2D eigenvalue weighted by atomic mass is 32.2. The second kappa shape index (κ2) is 6.49. The Hall–Kier alpha value is -1.60. The van der Waals surface area contributed by atoms with Gasteiger partial charge >= 0.3 is 0 Å². The van der Waals surface area contributed by atoms with Gasteiger partial charge in [-0.3, -0.25) is 4.79 Å². The molecule has 2 saturated heterocycles. The highest BCUT2D eigenvalue weighted by molar-refractivity contribution is 7.91. The molecule has 6 nitrogen and oxygen atoms in total. The first-order valence-electron chi connectivity index (χ1n) is 7.98. The molecule has 3 rings (SSSR count). The second-order valence-electron chi connectivity index (χ2n) is 6.28. The highest BCUT2D eigenvalue weighted by Crippen LogP contribution is 2.19. The average molecular weight is 337 g/mol. The number of anilines is 1. The molecule has 7 heteroatoms. The number of sulfone groups is 1. The fourth-order valence-electron chi connectivity index (χ4n) is 2.98. The number of benzene rings is 1. The number of piperazine rings is 1. The molecule has 1 amide bonds. The molecule has 0 aliphatic carbocycles. The summed E-state index contributed by atoms with van der Waals surface area (Å²) < 4.78 is 23.0. The zero-order valence-corrected chi connectivity index (χ0v) is 14.3. The van der Waals surface area contributed by atoms with E-state index < -0.39 is 9.84 Å². The van der Waals surface area contributed by atoms with Crippen LogP contribution in [0.1, 0.15) is 10.4 Å². The predicted octanol–water partition coefficient (Wildman–Crippen LogP) is 0.309. The normalized spacial score (nSPS) is 22.1. The minimum Gasteiger partial charge on any atom is -0.369 e. The number of nitrogens with zero attached hydrogens (tertiary/aromatic N) is 3. The van der Waals surface area contributed by atoms with Crippen LogP contribution < -0.4 is 4.90 Å². The molecule has 2 aliphatic heterocycles. The molecule has 23 heavy (non-hydrogen) atoms. The molecule has 2 fully saturated rings. The zero-order valence-electron chi connectivity index (χ0n) is 13.4. The lowest BCUT2D eigenvalue weighted by Crippen LogP contribution is -2.47. The molecule has 1 aromatic carbocycles. The molecule has 126 valence electrons. The lowest BCUT2D eigenvalue weighted by atomic mass is 10.1. The fourth-order valence-corrected chi connectivity index (χ4v) is 4.18. The van der Waals surface area contributed by atoms with E-state index in [1.54, 1.807) is 0 Å². The van der Waals surface area contributed by atoms with Gasteiger partial charge in [-0.15, -0.1) is 0 Å². The van der Waals surface area contributed by atoms with Crippen LogP contribution in [0.15, 0.2) is 24.3 Å². The molecule has 0 spiro atoms. The van der Waals surface area contributed by atoms with E-state index in [2.05, 4.69) is 16.8 Å². The fraction of sp³-hybridized carbons (Fsp3) is 0.562. The molecule has 0 saturated carbocycles. The number of amides is 1. The largest absolute Gasteiger partial charge is 0.369 e. The van der Waals surface area contributed by atoms with Gasteiger partial charge in [0.1, 0.15) is 0 Å². The molecule has 0 radical (unpaired) electrons. The van der Waals surface area contributed by atoms with Crippen LogP contribution in [0.2, 0.25) is 0 Å². The van der Waals surface area contributed by atoms with Crippen LogP contribution in [0.25, 0.3) is 0 Å². The Morgan fingerprint density at radius 1 is 0.913 bits per heavy atom. The van der Waals surface area contributed by atoms with Crippen molar-refractivity contribution in [2.24, 2.45) is 0 Å². The van der Waals surface area contributed by atoms with Crippen molar-refractivity contribution in [2.45, 2.75) is 0 Å². The Labute approximate surface area is 137 Å². The first-order chi connectivity index (χ1) is 10.9. The molecule has 2 heterocycles. The van der Waals surface area contributed by atoms with Crippen molar-refractivity contribution in [2.75, 3.05) is 62.7 Å². The molecular weight excluding hydrogens is 314 g/mol. The summed E-state index contributed by atoms with van der Waals surface area (Å²) in [6, 6.07) is 7.53. The van der Waals surface area contributed by atoms with E-state index in [0.717, 1.165) is 31.9 Å². The third-order valence-corrected chi connectivity index (χ3v) is 6.22. The minimum absolute atomic E-state index is 0.0749. The van der Waals surface area contributed by atoms with Crippen LogP contribution in [0.4, 0.5) is 5.69 Å². The first-order valence-corrected chi connectivity index (χ1v) is 9.80.